The van der Waals surface area contributed by atoms with E-state index in [0.717, 1.165) is 23.4 Å². The summed E-state index contributed by atoms with van der Waals surface area (Å²) in [5.41, 5.74) is 1.81. The largest absolute Gasteiger partial charge is 0.488 e. The molecular weight excluding hydrogens is 154 g/mol. The number of aliphatic hydroxyl groups is 1. The molecule has 0 fully saturated rings. The van der Waals surface area contributed by atoms with Gasteiger partial charge in [0.2, 0.25) is 0 Å². The molecule has 0 saturated carbocycles. The van der Waals surface area contributed by atoms with Gasteiger partial charge in [0.05, 0.1) is 12.3 Å². The number of hydrogen-bond donors (Lipinski definition) is 1. The lowest BCUT2D eigenvalue weighted by molar-refractivity contribution is 0.252. The van der Waals surface area contributed by atoms with E-state index < -0.39 is 0 Å². The molecule has 3 heteroatoms. The molecule has 0 saturated heterocycles. The van der Waals surface area contributed by atoms with Crippen LogP contribution in [0.3, 0.4) is 0 Å². The summed E-state index contributed by atoms with van der Waals surface area (Å²) in [6.07, 6.45) is 2.79. The van der Waals surface area contributed by atoms with Gasteiger partial charge in [0.1, 0.15) is 11.9 Å². The summed E-state index contributed by atoms with van der Waals surface area (Å²) < 4.78 is 5.48. The molecule has 1 aromatic heterocycles. The Morgan fingerprint density at radius 2 is 2.58 bits per heavy atom. The molecule has 0 radical (unpaired) electrons. The highest BCUT2D eigenvalue weighted by Gasteiger charge is 2.19. The minimum Gasteiger partial charge on any atom is -0.488 e. The van der Waals surface area contributed by atoms with Crippen molar-refractivity contribution in [3.05, 3.63) is 23.5 Å². The van der Waals surface area contributed by atoms with Crippen LogP contribution in [0.15, 0.2) is 12.3 Å². The van der Waals surface area contributed by atoms with Gasteiger partial charge in [-0.05, 0) is 18.6 Å². The third-order valence-electron chi connectivity index (χ3n) is 1.98. The first-order valence-corrected chi connectivity index (χ1v) is 4.05. The van der Waals surface area contributed by atoms with Gasteiger partial charge in [-0.3, -0.25) is 4.98 Å². The summed E-state index contributed by atoms with van der Waals surface area (Å²) in [6.45, 7) is 2.04. The van der Waals surface area contributed by atoms with Gasteiger partial charge in [0, 0.05) is 12.6 Å². The molecule has 2 heterocycles. The smallest absolute Gasteiger partial charge is 0.141 e. The van der Waals surface area contributed by atoms with Crippen LogP contribution in [0, 0.1) is 0 Å². The average molecular weight is 165 g/mol. The molecule has 0 aromatic carbocycles. The van der Waals surface area contributed by atoms with Gasteiger partial charge in [0.25, 0.3) is 0 Å². The first-order valence-electron chi connectivity index (χ1n) is 4.05. The third kappa shape index (κ3) is 1.16. The Morgan fingerprint density at radius 3 is 3.33 bits per heavy atom. The molecule has 0 bridgehead atoms. The highest BCUT2D eigenvalue weighted by Crippen LogP contribution is 2.27. The molecule has 1 aliphatic rings. The van der Waals surface area contributed by atoms with Crippen molar-refractivity contribution in [2.24, 2.45) is 0 Å². The first kappa shape index (κ1) is 7.55. The number of aliphatic hydroxyl groups excluding tert-OH is 1. The fourth-order valence-corrected chi connectivity index (χ4v) is 1.39. The van der Waals surface area contributed by atoms with Crippen molar-refractivity contribution in [1.82, 2.24) is 4.98 Å². The number of fused-ring (bicyclic) bond motifs is 1. The SMILES string of the molecule is CC1Cc2ncc(CO)cc2O1. The first-order chi connectivity index (χ1) is 5.79. The van der Waals surface area contributed by atoms with Crippen molar-refractivity contribution in [1.29, 1.82) is 0 Å². The molecule has 64 valence electrons. The van der Waals surface area contributed by atoms with Crippen LogP contribution in [0.5, 0.6) is 5.75 Å². The van der Waals surface area contributed by atoms with E-state index in [1.807, 2.05) is 13.0 Å². The molecular formula is C9H11NO2. The van der Waals surface area contributed by atoms with E-state index in [2.05, 4.69) is 4.98 Å². The number of rotatable bonds is 1. The second-order valence-electron chi connectivity index (χ2n) is 3.08. The number of nitrogens with zero attached hydrogens (tertiary/aromatic N) is 1. The van der Waals surface area contributed by atoms with E-state index in [1.165, 1.54) is 0 Å². The van der Waals surface area contributed by atoms with E-state index in [-0.39, 0.29) is 12.7 Å². The van der Waals surface area contributed by atoms with Crippen LogP contribution in [0.1, 0.15) is 18.2 Å². The van der Waals surface area contributed by atoms with Gasteiger partial charge in [0.15, 0.2) is 0 Å². The molecule has 2 rings (SSSR count). The molecule has 1 aromatic rings. The van der Waals surface area contributed by atoms with Gasteiger partial charge in [-0.1, -0.05) is 0 Å². The zero-order valence-electron chi connectivity index (χ0n) is 6.95. The molecule has 1 unspecified atom stereocenters. The molecule has 3 nitrogen and oxygen atoms in total. The van der Waals surface area contributed by atoms with Crippen LogP contribution in [0.25, 0.3) is 0 Å². The summed E-state index contributed by atoms with van der Waals surface area (Å²) in [5, 5.41) is 8.84. The Morgan fingerprint density at radius 1 is 1.75 bits per heavy atom. The zero-order chi connectivity index (χ0) is 8.55. The molecule has 0 amide bonds. The van der Waals surface area contributed by atoms with Crippen LogP contribution >= 0.6 is 0 Å². The summed E-state index contributed by atoms with van der Waals surface area (Å²) in [7, 11) is 0. The fourth-order valence-electron chi connectivity index (χ4n) is 1.39. The maximum Gasteiger partial charge on any atom is 0.141 e. The average Bonchev–Trinajstić information content (AvgIpc) is 2.43. The topological polar surface area (TPSA) is 42.4 Å². The summed E-state index contributed by atoms with van der Waals surface area (Å²) >= 11 is 0. The minimum absolute atomic E-state index is 0.0258. The standard InChI is InChI=1S/C9H11NO2/c1-6-2-8-9(12-6)3-7(5-11)4-10-8/h3-4,6,11H,2,5H2,1H3. The second-order valence-corrected chi connectivity index (χ2v) is 3.08. The Hall–Kier alpha value is -1.09. The van der Waals surface area contributed by atoms with Crippen LogP contribution in [-0.4, -0.2) is 16.2 Å². The van der Waals surface area contributed by atoms with Crippen LogP contribution in [0.4, 0.5) is 0 Å². The molecule has 1 aliphatic heterocycles. The predicted molar refractivity (Wildman–Crippen MR) is 44.0 cm³/mol. The lowest BCUT2D eigenvalue weighted by Crippen LogP contribution is -2.05. The normalized spacial score (nSPS) is 20.3. The Balaban J connectivity index is 2.35. The van der Waals surface area contributed by atoms with E-state index in [0.29, 0.717) is 0 Å². The molecule has 1 N–H and O–H groups in total. The van der Waals surface area contributed by atoms with E-state index in [9.17, 15) is 0 Å². The third-order valence-corrected chi connectivity index (χ3v) is 1.98. The van der Waals surface area contributed by atoms with E-state index in [4.69, 9.17) is 9.84 Å². The Kier molecular flexibility index (Phi) is 1.73. The Labute approximate surface area is 71.0 Å². The molecule has 0 aliphatic carbocycles. The predicted octanol–water partition coefficient (Wildman–Crippen LogP) is 0.897. The van der Waals surface area contributed by atoms with E-state index >= 15 is 0 Å². The molecule has 1 atom stereocenters. The summed E-state index contributed by atoms with van der Waals surface area (Å²) in [6, 6.07) is 1.85. The van der Waals surface area contributed by atoms with Crippen LogP contribution in [-0.2, 0) is 13.0 Å². The maximum atomic E-state index is 8.84. The number of hydrogen-bond acceptors (Lipinski definition) is 3. The molecule has 12 heavy (non-hydrogen) atoms. The van der Waals surface area contributed by atoms with Crippen molar-refractivity contribution in [2.45, 2.75) is 26.1 Å². The fraction of sp³-hybridized carbons (Fsp3) is 0.444. The van der Waals surface area contributed by atoms with Crippen molar-refractivity contribution in [3.8, 4) is 5.75 Å². The van der Waals surface area contributed by atoms with Gasteiger partial charge >= 0.3 is 0 Å². The van der Waals surface area contributed by atoms with Crippen molar-refractivity contribution in [2.75, 3.05) is 0 Å². The highest BCUT2D eigenvalue weighted by molar-refractivity contribution is 5.34. The minimum atomic E-state index is 0.0258. The maximum absolute atomic E-state index is 8.84. The lowest BCUT2D eigenvalue weighted by Gasteiger charge is -2.02. The van der Waals surface area contributed by atoms with Crippen molar-refractivity contribution in [3.63, 3.8) is 0 Å². The van der Waals surface area contributed by atoms with Crippen LogP contribution in [0.2, 0.25) is 0 Å². The van der Waals surface area contributed by atoms with Gasteiger partial charge in [-0.15, -0.1) is 0 Å². The summed E-state index contributed by atoms with van der Waals surface area (Å²) in [5.74, 6) is 0.828. The Bertz CT molecular complexity index is 299. The van der Waals surface area contributed by atoms with Crippen LogP contribution < -0.4 is 4.74 Å². The van der Waals surface area contributed by atoms with Gasteiger partial charge < -0.3 is 9.84 Å². The monoisotopic (exact) mass is 165 g/mol. The quantitative estimate of drug-likeness (QED) is 0.672. The highest BCUT2D eigenvalue weighted by atomic mass is 16.5. The van der Waals surface area contributed by atoms with Gasteiger partial charge in [-0.25, -0.2) is 0 Å². The van der Waals surface area contributed by atoms with Gasteiger partial charge in [-0.2, -0.15) is 0 Å². The number of ether oxygens (including phenoxy) is 1. The number of pyridine rings is 1. The number of aromatic nitrogens is 1. The molecule has 0 spiro atoms. The van der Waals surface area contributed by atoms with Crippen molar-refractivity contribution >= 4 is 0 Å². The zero-order valence-corrected chi connectivity index (χ0v) is 6.95. The van der Waals surface area contributed by atoms with Crippen molar-refractivity contribution < 1.29 is 9.84 Å². The van der Waals surface area contributed by atoms with E-state index in [1.54, 1.807) is 6.20 Å². The summed E-state index contributed by atoms with van der Waals surface area (Å²) in [4.78, 5) is 4.20. The second kappa shape index (κ2) is 2.75. The lowest BCUT2D eigenvalue weighted by atomic mass is 10.2.